The van der Waals surface area contributed by atoms with Gasteiger partial charge in [-0.15, -0.1) is 11.3 Å². The summed E-state index contributed by atoms with van der Waals surface area (Å²) in [4.78, 5) is 15.3. The van der Waals surface area contributed by atoms with Crippen molar-refractivity contribution in [3.63, 3.8) is 0 Å². The lowest BCUT2D eigenvalue weighted by Gasteiger charge is -2.09. The number of rotatable bonds is 8. The number of nitrogens with zero attached hydrogens (tertiary/aromatic N) is 3. The fourth-order valence-electron chi connectivity index (χ4n) is 3.24. The Morgan fingerprint density at radius 3 is 2.66 bits per heavy atom. The number of allylic oxidation sites excluding steroid dienone is 1. The third-order valence-corrected chi connectivity index (χ3v) is 5.72. The number of nitro groups is 1. The molecular weight excluding hydrogens is 424 g/mol. The van der Waals surface area contributed by atoms with Gasteiger partial charge in [0.15, 0.2) is 5.75 Å². The SMILES string of the molecule is COc1cc(NC=C(C#N)c2nc(-c3ccc(CC(C)C)cc3)cs2)c(C)cc1[N+](=O)[O-]. The lowest BCUT2D eigenvalue weighted by molar-refractivity contribution is -0.385. The first-order valence-corrected chi connectivity index (χ1v) is 11.0. The summed E-state index contributed by atoms with van der Waals surface area (Å²) in [7, 11) is 1.38. The summed E-state index contributed by atoms with van der Waals surface area (Å²) in [6.07, 6.45) is 2.59. The molecule has 0 aliphatic rings. The molecule has 0 aliphatic heterocycles. The largest absolute Gasteiger partial charge is 0.490 e. The van der Waals surface area contributed by atoms with E-state index >= 15 is 0 Å². The van der Waals surface area contributed by atoms with Crippen molar-refractivity contribution in [3.8, 4) is 23.1 Å². The molecule has 0 saturated carbocycles. The minimum absolute atomic E-state index is 0.107. The van der Waals surface area contributed by atoms with Crippen LogP contribution in [0.15, 0.2) is 48.0 Å². The van der Waals surface area contributed by atoms with Gasteiger partial charge in [0.1, 0.15) is 16.6 Å². The van der Waals surface area contributed by atoms with Gasteiger partial charge in [-0.3, -0.25) is 10.1 Å². The van der Waals surface area contributed by atoms with E-state index in [-0.39, 0.29) is 11.4 Å². The van der Waals surface area contributed by atoms with Gasteiger partial charge in [0.2, 0.25) is 0 Å². The number of nitrogens with one attached hydrogen (secondary N) is 1. The molecular formula is C24H24N4O3S. The van der Waals surface area contributed by atoms with Crippen LogP contribution in [0.25, 0.3) is 16.8 Å². The first kappa shape index (κ1) is 23.0. The van der Waals surface area contributed by atoms with E-state index in [0.717, 1.165) is 17.7 Å². The van der Waals surface area contributed by atoms with Gasteiger partial charge in [0, 0.05) is 35.0 Å². The quantitative estimate of drug-likeness (QED) is 0.250. The first-order valence-electron chi connectivity index (χ1n) is 10.1. The van der Waals surface area contributed by atoms with Crippen LogP contribution in [-0.4, -0.2) is 17.0 Å². The summed E-state index contributed by atoms with van der Waals surface area (Å²) in [6, 6.07) is 13.5. The summed E-state index contributed by atoms with van der Waals surface area (Å²) in [5, 5.41) is 26.4. The van der Waals surface area contributed by atoms with Crippen LogP contribution >= 0.6 is 11.3 Å². The van der Waals surface area contributed by atoms with Gasteiger partial charge < -0.3 is 10.1 Å². The Kier molecular flexibility index (Phi) is 7.23. The average molecular weight is 449 g/mol. The molecule has 0 atom stereocenters. The molecule has 0 amide bonds. The van der Waals surface area contributed by atoms with Crippen LogP contribution < -0.4 is 10.1 Å². The van der Waals surface area contributed by atoms with E-state index in [9.17, 15) is 15.4 Å². The molecule has 0 unspecified atom stereocenters. The van der Waals surface area contributed by atoms with E-state index in [2.05, 4.69) is 54.5 Å². The van der Waals surface area contributed by atoms with Crippen molar-refractivity contribution >= 4 is 28.3 Å². The summed E-state index contributed by atoms with van der Waals surface area (Å²) in [6.45, 7) is 6.14. The summed E-state index contributed by atoms with van der Waals surface area (Å²) in [5.74, 6) is 0.745. The molecule has 0 spiro atoms. The fourth-order valence-corrected chi connectivity index (χ4v) is 4.03. The molecule has 0 saturated heterocycles. The van der Waals surface area contributed by atoms with E-state index in [0.29, 0.717) is 27.7 Å². The molecule has 0 fully saturated rings. The van der Waals surface area contributed by atoms with Gasteiger partial charge in [-0.2, -0.15) is 5.26 Å². The second kappa shape index (κ2) is 10.1. The average Bonchev–Trinajstić information content (AvgIpc) is 3.25. The summed E-state index contributed by atoms with van der Waals surface area (Å²) < 4.78 is 5.12. The van der Waals surface area contributed by atoms with Crippen molar-refractivity contribution in [2.24, 2.45) is 5.92 Å². The zero-order chi connectivity index (χ0) is 23.3. The zero-order valence-corrected chi connectivity index (χ0v) is 19.2. The Morgan fingerprint density at radius 1 is 1.34 bits per heavy atom. The van der Waals surface area contributed by atoms with E-state index in [1.807, 2.05) is 5.38 Å². The van der Waals surface area contributed by atoms with Gasteiger partial charge in [0.05, 0.1) is 17.7 Å². The molecule has 32 heavy (non-hydrogen) atoms. The molecule has 3 rings (SSSR count). The molecule has 3 aromatic rings. The minimum Gasteiger partial charge on any atom is -0.490 e. The number of benzene rings is 2. The number of thiazole rings is 1. The number of aryl methyl sites for hydroxylation is 1. The van der Waals surface area contributed by atoms with Crippen molar-refractivity contribution < 1.29 is 9.66 Å². The van der Waals surface area contributed by atoms with Crippen molar-refractivity contribution in [2.75, 3.05) is 12.4 Å². The van der Waals surface area contributed by atoms with Crippen molar-refractivity contribution in [2.45, 2.75) is 27.2 Å². The number of nitro benzene ring substituents is 1. The number of nitriles is 1. The highest BCUT2D eigenvalue weighted by molar-refractivity contribution is 7.11. The number of ether oxygens (including phenoxy) is 1. The first-order chi connectivity index (χ1) is 15.3. The Balaban J connectivity index is 1.82. The zero-order valence-electron chi connectivity index (χ0n) is 18.4. The van der Waals surface area contributed by atoms with Crippen molar-refractivity contribution in [3.05, 3.63) is 74.2 Å². The van der Waals surface area contributed by atoms with Gasteiger partial charge in [-0.05, 0) is 30.4 Å². The number of hydrogen-bond acceptors (Lipinski definition) is 7. The maximum atomic E-state index is 11.2. The van der Waals surface area contributed by atoms with E-state index in [1.54, 1.807) is 19.2 Å². The van der Waals surface area contributed by atoms with Gasteiger partial charge in [-0.25, -0.2) is 4.98 Å². The van der Waals surface area contributed by atoms with E-state index in [1.165, 1.54) is 30.1 Å². The number of aromatic nitrogens is 1. The predicted octanol–water partition coefficient (Wildman–Crippen LogP) is 6.21. The molecule has 164 valence electrons. The molecule has 0 radical (unpaired) electrons. The maximum absolute atomic E-state index is 11.2. The second-order valence-corrected chi connectivity index (χ2v) is 8.60. The molecule has 7 nitrogen and oxygen atoms in total. The van der Waals surface area contributed by atoms with Gasteiger partial charge >= 0.3 is 5.69 Å². The third-order valence-electron chi connectivity index (χ3n) is 4.84. The van der Waals surface area contributed by atoms with Crippen LogP contribution in [0.1, 0.15) is 30.0 Å². The fraction of sp³-hybridized carbons (Fsp3) is 0.250. The number of hydrogen-bond donors (Lipinski definition) is 1. The number of methoxy groups -OCH3 is 1. The van der Waals surface area contributed by atoms with Crippen LogP contribution in [0, 0.1) is 34.3 Å². The van der Waals surface area contributed by atoms with Crippen LogP contribution in [0.2, 0.25) is 0 Å². The smallest absolute Gasteiger partial charge is 0.311 e. The number of anilines is 1. The predicted molar refractivity (Wildman–Crippen MR) is 128 cm³/mol. The van der Waals surface area contributed by atoms with Crippen molar-refractivity contribution in [1.82, 2.24) is 4.98 Å². The van der Waals surface area contributed by atoms with Crippen LogP contribution in [0.3, 0.4) is 0 Å². The van der Waals surface area contributed by atoms with Crippen LogP contribution in [0.5, 0.6) is 5.75 Å². The molecule has 2 aromatic carbocycles. The third kappa shape index (κ3) is 5.31. The summed E-state index contributed by atoms with van der Waals surface area (Å²) >= 11 is 1.39. The molecule has 1 aromatic heterocycles. The van der Waals surface area contributed by atoms with Crippen molar-refractivity contribution in [1.29, 1.82) is 5.26 Å². The topological polar surface area (TPSA) is 101 Å². The monoisotopic (exact) mass is 448 g/mol. The van der Waals surface area contributed by atoms with E-state index < -0.39 is 4.92 Å². The lowest BCUT2D eigenvalue weighted by atomic mass is 10.0. The highest BCUT2D eigenvalue weighted by Gasteiger charge is 2.17. The molecule has 1 N–H and O–H groups in total. The minimum atomic E-state index is -0.487. The highest BCUT2D eigenvalue weighted by Crippen LogP contribution is 2.33. The van der Waals surface area contributed by atoms with Crippen LogP contribution in [0.4, 0.5) is 11.4 Å². The Hall–Kier alpha value is -3.70. The molecule has 0 bridgehead atoms. The Labute approximate surface area is 191 Å². The highest BCUT2D eigenvalue weighted by atomic mass is 32.1. The summed E-state index contributed by atoms with van der Waals surface area (Å²) in [5.41, 5.74) is 4.63. The van der Waals surface area contributed by atoms with E-state index in [4.69, 9.17) is 4.74 Å². The molecule has 0 aliphatic carbocycles. The Bertz CT molecular complexity index is 1190. The van der Waals surface area contributed by atoms with Gasteiger partial charge in [-0.1, -0.05) is 38.1 Å². The molecule has 8 heteroatoms. The normalized spacial score (nSPS) is 11.3. The standard InChI is InChI=1S/C24H24N4O3S/c1-15(2)9-17-5-7-18(8-6-17)21-14-32-24(27-21)19(12-25)13-26-20-11-23(31-4)22(28(29)30)10-16(20)3/h5-8,10-11,13-15,26H,9H2,1-4H3. The maximum Gasteiger partial charge on any atom is 0.311 e. The van der Waals surface area contributed by atoms with Crippen LogP contribution in [-0.2, 0) is 6.42 Å². The Morgan fingerprint density at radius 2 is 2.06 bits per heavy atom. The lowest BCUT2D eigenvalue weighted by Crippen LogP contribution is -1.99. The second-order valence-electron chi connectivity index (χ2n) is 7.74. The van der Waals surface area contributed by atoms with Gasteiger partial charge in [0.25, 0.3) is 0 Å². The molecule has 1 heterocycles.